The van der Waals surface area contributed by atoms with Crippen LogP contribution in [-0.4, -0.2) is 26.3 Å². The van der Waals surface area contributed by atoms with Gasteiger partial charge in [0.1, 0.15) is 5.41 Å². The lowest BCUT2D eigenvalue weighted by molar-refractivity contribution is -0.0750. The molecule has 0 amide bonds. The highest BCUT2D eigenvalue weighted by molar-refractivity contribution is 5.05. The van der Waals surface area contributed by atoms with Crippen molar-refractivity contribution in [2.45, 2.75) is 0 Å². The van der Waals surface area contributed by atoms with E-state index in [-0.39, 0.29) is 5.41 Å². The van der Waals surface area contributed by atoms with Crippen molar-refractivity contribution in [3.8, 4) is 6.07 Å². The zero-order valence-electron chi connectivity index (χ0n) is 6.47. The zero-order valence-corrected chi connectivity index (χ0v) is 6.47. The van der Waals surface area contributed by atoms with Crippen LogP contribution in [0.15, 0.2) is 12.7 Å². The summed E-state index contributed by atoms with van der Waals surface area (Å²) in [5, 5.41) is 11.8. The van der Waals surface area contributed by atoms with Crippen LogP contribution >= 0.6 is 0 Å². The lowest BCUT2D eigenvalue weighted by Gasteiger charge is -2.34. The second-order valence-electron chi connectivity index (χ2n) is 2.80. The number of rotatable bonds is 4. The largest absolute Gasteiger partial charge is 0.378 e. The quantitative estimate of drug-likeness (QED) is 0.465. The van der Waals surface area contributed by atoms with E-state index < -0.39 is 0 Å². The van der Waals surface area contributed by atoms with Crippen molar-refractivity contribution < 1.29 is 4.74 Å². The van der Waals surface area contributed by atoms with E-state index in [0.717, 1.165) is 6.54 Å². The molecular weight excluding hydrogens is 140 g/mol. The average Bonchev–Trinajstić information content (AvgIpc) is 1.95. The first kappa shape index (κ1) is 8.25. The third-order valence-electron chi connectivity index (χ3n) is 1.75. The van der Waals surface area contributed by atoms with Gasteiger partial charge in [-0.2, -0.15) is 5.26 Å². The van der Waals surface area contributed by atoms with Gasteiger partial charge in [-0.1, -0.05) is 6.08 Å². The Balaban J connectivity index is 2.23. The smallest absolute Gasteiger partial charge is 0.116 e. The summed E-state index contributed by atoms with van der Waals surface area (Å²) in [4.78, 5) is 0. The molecule has 0 saturated carbocycles. The molecule has 11 heavy (non-hydrogen) atoms. The topological polar surface area (TPSA) is 45.0 Å². The molecule has 0 aromatic heterocycles. The van der Waals surface area contributed by atoms with Crippen LogP contribution in [0.4, 0.5) is 0 Å². The first-order valence-corrected chi connectivity index (χ1v) is 3.64. The van der Waals surface area contributed by atoms with Crippen LogP contribution in [0.25, 0.3) is 0 Å². The number of ether oxygens (including phenoxy) is 1. The Hall–Kier alpha value is -0.850. The monoisotopic (exact) mass is 152 g/mol. The predicted molar refractivity (Wildman–Crippen MR) is 41.9 cm³/mol. The fourth-order valence-corrected chi connectivity index (χ4v) is 0.968. The van der Waals surface area contributed by atoms with Crippen LogP contribution in [0, 0.1) is 16.7 Å². The van der Waals surface area contributed by atoms with Gasteiger partial charge >= 0.3 is 0 Å². The van der Waals surface area contributed by atoms with Crippen molar-refractivity contribution >= 4 is 0 Å². The molecule has 0 aliphatic carbocycles. The van der Waals surface area contributed by atoms with E-state index in [4.69, 9.17) is 10.00 Å². The molecule has 0 unspecified atom stereocenters. The molecular formula is C8H12N2O. The van der Waals surface area contributed by atoms with Crippen LogP contribution in [0.3, 0.4) is 0 Å². The molecule has 1 rings (SSSR count). The number of nitriles is 1. The summed E-state index contributed by atoms with van der Waals surface area (Å²) in [6.45, 7) is 6.16. The first-order chi connectivity index (χ1) is 5.33. The summed E-state index contributed by atoms with van der Waals surface area (Å²) in [5.74, 6) is 0. The molecule has 0 bridgehead atoms. The van der Waals surface area contributed by atoms with Gasteiger partial charge in [0.05, 0.1) is 19.3 Å². The van der Waals surface area contributed by atoms with E-state index in [0.29, 0.717) is 19.8 Å². The highest BCUT2D eigenvalue weighted by atomic mass is 16.5. The second kappa shape index (κ2) is 3.51. The Morgan fingerprint density at radius 1 is 1.73 bits per heavy atom. The molecule has 1 saturated heterocycles. The molecule has 0 spiro atoms. The third-order valence-corrected chi connectivity index (χ3v) is 1.75. The Labute approximate surface area is 66.7 Å². The van der Waals surface area contributed by atoms with Gasteiger partial charge in [-0.25, -0.2) is 0 Å². The Morgan fingerprint density at radius 2 is 2.45 bits per heavy atom. The molecule has 0 atom stereocenters. The van der Waals surface area contributed by atoms with Gasteiger partial charge in [0.25, 0.3) is 0 Å². The minimum absolute atomic E-state index is 0.261. The molecule has 1 aliphatic heterocycles. The summed E-state index contributed by atoms with van der Waals surface area (Å²) in [5.41, 5.74) is -0.261. The van der Waals surface area contributed by atoms with Crippen molar-refractivity contribution in [1.82, 2.24) is 5.32 Å². The van der Waals surface area contributed by atoms with E-state index in [1.54, 1.807) is 6.08 Å². The maximum atomic E-state index is 8.74. The van der Waals surface area contributed by atoms with E-state index >= 15 is 0 Å². The Kier molecular flexibility index (Phi) is 2.64. The van der Waals surface area contributed by atoms with Crippen LogP contribution < -0.4 is 5.32 Å². The van der Waals surface area contributed by atoms with Gasteiger partial charge in [-0.3, -0.25) is 0 Å². The highest BCUT2D eigenvalue weighted by Crippen LogP contribution is 2.24. The van der Waals surface area contributed by atoms with Crippen molar-refractivity contribution in [2.75, 3.05) is 26.3 Å². The lowest BCUT2D eigenvalue weighted by atomic mass is 9.88. The predicted octanol–water partition coefficient (Wildman–Crippen LogP) is 0.302. The van der Waals surface area contributed by atoms with Crippen molar-refractivity contribution in [1.29, 1.82) is 5.26 Å². The molecule has 0 aromatic rings. The molecule has 0 aromatic carbocycles. The molecule has 3 nitrogen and oxygen atoms in total. The van der Waals surface area contributed by atoms with E-state index in [1.165, 1.54) is 0 Å². The van der Waals surface area contributed by atoms with E-state index in [1.807, 2.05) is 0 Å². The minimum atomic E-state index is -0.261. The fraction of sp³-hybridized carbons (Fsp3) is 0.625. The molecule has 1 fully saturated rings. The summed E-state index contributed by atoms with van der Waals surface area (Å²) in [6, 6.07) is 2.25. The molecule has 1 aliphatic rings. The molecule has 0 radical (unpaired) electrons. The van der Waals surface area contributed by atoms with Crippen LogP contribution in [0.5, 0.6) is 0 Å². The van der Waals surface area contributed by atoms with Crippen molar-refractivity contribution in [2.24, 2.45) is 5.41 Å². The summed E-state index contributed by atoms with van der Waals surface area (Å²) >= 11 is 0. The average molecular weight is 152 g/mol. The number of hydrogen-bond donors (Lipinski definition) is 1. The summed E-state index contributed by atoms with van der Waals surface area (Å²) in [7, 11) is 0. The van der Waals surface area contributed by atoms with Gasteiger partial charge in [0.15, 0.2) is 0 Å². The van der Waals surface area contributed by atoms with Crippen LogP contribution in [-0.2, 0) is 4.74 Å². The van der Waals surface area contributed by atoms with Gasteiger partial charge in [0.2, 0.25) is 0 Å². The normalized spacial score (nSPS) is 19.9. The maximum Gasteiger partial charge on any atom is 0.116 e. The minimum Gasteiger partial charge on any atom is -0.378 e. The van der Waals surface area contributed by atoms with Gasteiger partial charge < -0.3 is 10.1 Å². The third kappa shape index (κ3) is 1.79. The van der Waals surface area contributed by atoms with E-state index in [2.05, 4.69) is 18.0 Å². The lowest BCUT2D eigenvalue weighted by Crippen LogP contribution is -2.48. The van der Waals surface area contributed by atoms with Gasteiger partial charge in [-0.15, -0.1) is 6.58 Å². The SMILES string of the molecule is C=CCNCC1(C#N)COC1. The molecule has 1 heterocycles. The van der Waals surface area contributed by atoms with Gasteiger partial charge in [-0.05, 0) is 0 Å². The fourth-order valence-electron chi connectivity index (χ4n) is 0.968. The first-order valence-electron chi connectivity index (χ1n) is 3.64. The molecule has 1 N–H and O–H groups in total. The zero-order chi connectivity index (χ0) is 8.16. The second-order valence-corrected chi connectivity index (χ2v) is 2.80. The summed E-state index contributed by atoms with van der Waals surface area (Å²) in [6.07, 6.45) is 1.78. The number of hydrogen-bond acceptors (Lipinski definition) is 3. The number of nitrogens with one attached hydrogen (secondary N) is 1. The van der Waals surface area contributed by atoms with Crippen LogP contribution in [0.2, 0.25) is 0 Å². The van der Waals surface area contributed by atoms with Gasteiger partial charge in [0, 0.05) is 13.1 Å². The Morgan fingerprint density at radius 3 is 2.82 bits per heavy atom. The standard InChI is InChI=1S/C8H12N2O/c1-2-3-10-5-8(4-9)6-11-7-8/h2,10H,1,3,5-7H2. The van der Waals surface area contributed by atoms with E-state index in [9.17, 15) is 0 Å². The molecule has 60 valence electrons. The number of nitrogens with zero attached hydrogens (tertiary/aromatic N) is 1. The summed E-state index contributed by atoms with van der Waals surface area (Å²) < 4.78 is 4.97. The van der Waals surface area contributed by atoms with Crippen molar-refractivity contribution in [3.05, 3.63) is 12.7 Å². The Bertz CT molecular complexity index is 179. The highest BCUT2D eigenvalue weighted by Gasteiger charge is 2.38. The van der Waals surface area contributed by atoms with Crippen LogP contribution in [0.1, 0.15) is 0 Å². The maximum absolute atomic E-state index is 8.74. The van der Waals surface area contributed by atoms with Crippen molar-refractivity contribution in [3.63, 3.8) is 0 Å². The molecule has 3 heteroatoms.